The van der Waals surface area contributed by atoms with E-state index in [2.05, 4.69) is 4.72 Å². The first kappa shape index (κ1) is 13.2. The summed E-state index contributed by atoms with van der Waals surface area (Å²) < 4.78 is 31.9. The normalized spacial score (nSPS) is 14.2. The summed E-state index contributed by atoms with van der Waals surface area (Å²) in [6, 6.07) is 3.59. The second-order valence-electron chi connectivity index (χ2n) is 3.92. The first-order chi connectivity index (χ1) is 7.42. The Morgan fingerprint density at radius 1 is 1.50 bits per heavy atom. The average molecular weight is 246 g/mol. The van der Waals surface area contributed by atoms with Gasteiger partial charge in [0, 0.05) is 26.6 Å². The summed E-state index contributed by atoms with van der Waals surface area (Å²) >= 11 is 0. The molecule has 0 saturated heterocycles. The predicted octanol–water partition coefficient (Wildman–Crippen LogP) is 0.997. The van der Waals surface area contributed by atoms with E-state index in [1.54, 1.807) is 6.26 Å². The highest BCUT2D eigenvalue weighted by atomic mass is 32.2. The van der Waals surface area contributed by atoms with E-state index in [1.165, 1.54) is 14.1 Å². The molecule has 0 aliphatic heterocycles. The second kappa shape index (κ2) is 5.47. The second-order valence-corrected chi connectivity index (χ2v) is 5.84. The number of nitrogens with one attached hydrogen (secondary N) is 1. The molecule has 0 fully saturated rings. The van der Waals surface area contributed by atoms with Crippen LogP contribution in [-0.2, 0) is 16.6 Å². The number of aryl methyl sites for hydroxylation is 1. The number of furan rings is 1. The number of hydrogen-bond acceptors (Lipinski definition) is 3. The van der Waals surface area contributed by atoms with Gasteiger partial charge < -0.3 is 4.42 Å². The van der Waals surface area contributed by atoms with Gasteiger partial charge in [-0.25, -0.2) is 0 Å². The largest absolute Gasteiger partial charge is 0.469 e. The summed E-state index contributed by atoms with van der Waals surface area (Å²) in [7, 11) is -0.333. The highest BCUT2D eigenvalue weighted by Crippen LogP contribution is 2.06. The van der Waals surface area contributed by atoms with E-state index in [-0.39, 0.29) is 6.04 Å². The fourth-order valence-corrected chi connectivity index (χ4v) is 2.07. The SMILES string of the molecule is CC(CCc1ccco1)NS(=O)(=O)N(C)C. The van der Waals surface area contributed by atoms with E-state index >= 15 is 0 Å². The third kappa shape index (κ3) is 3.96. The lowest BCUT2D eigenvalue weighted by Crippen LogP contribution is -2.40. The van der Waals surface area contributed by atoms with Crippen LogP contribution in [0, 0.1) is 0 Å². The van der Waals surface area contributed by atoms with Gasteiger partial charge in [-0.2, -0.15) is 17.4 Å². The maximum Gasteiger partial charge on any atom is 0.279 e. The van der Waals surface area contributed by atoms with Crippen LogP contribution in [-0.4, -0.2) is 32.9 Å². The van der Waals surface area contributed by atoms with Gasteiger partial charge in [0.15, 0.2) is 0 Å². The highest BCUT2D eigenvalue weighted by molar-refractivity contribution is 7.87. The van der Waals surface area contributed by atoms with Crippen molar-refractivity contribution in [2.45, 2.75) is 25.8 Å². The molecule has 1 aromatic heterocycles. The smallest absolute Gasteiger partial charge is 0.279 e. The molecule has 0 amide bonds. The van der Waals surface area contributed by atoms with Crippen molar-refractivity contribution >= 4 is 10.2 Å². The van der Waals surface area contributed by atoms with E-state index in [4.69, 9.17) is 4.42 Å². The minimum absolute atomic E-state index is 0.113. The molecule has 0 aliphatic rings. The summed E-state index contributed by atoms with van der Waals surface area (Å²) in [4.78, 5) is 0. The van der Waals surface area contributed by atoms with E-state index in [9.17, 15) is 8.42 Å². The first-order valence-corrected chi connectivity index (χ1v) is 6.58. The molecular weight excluding hydrogens is 228 g/mol. The maximum absolute atomic E-state index is 11.5. The molecule has 1 atom stereocenters. The molecule has 1 unspecified atom stereocenters. The van der Waals surface area contributed by atoms with Crippen LogP contribution in [0.25, 0.3) is 0 Å². The fraction of sp³-hybridized carbons (Fsp3) is 0.600. The first-order valence-electron chi connectivity index (χ1n) is 5.14. The molecule has 6 heteroatoms. The van der Waals surface area contributed by atoms with E-state index < -0.39 is 10.2 Å². The van der Waals surface area contributed by atoms with Gasteiger partial charge in [-0.15, -0.1) is 0 Å². The molecule has 0 saturated carbocycles. The van der Waals surface area contributed by atoms with E-state index in [0.29, 0.717) is 6.42 Å². The van der Waals surface area contributed by atoms with Crippen LogP contribution in [0.2, 0.25) is 0 Å². The van der Waals surface area contributed by atoms with Crippen molar-refractivity contribution in [3.63, 3.8) is 0 Å². The monoisotopic (exact) mass is 246 g/mol. The maximum atomic E-state index is 11.5. The third-order valence-electron chi connectivity index (χ3n) is 2.23. The van der Waals surface area contributed by atoms with E-state index in [1.807, 2.05) is 19.1 Å². The Kier molecular flexibility index (Phi) is 4.52. The highest BCUT2D eigenvalue weighted by Gasteiger charge is 2.16. The van der Waals surface area contributed by atoms with Gasteiger partial charge in [0.25, 0.3) is 10.2 Å². The van der Waals surface area contributed by atoms with Gasteiger partial charge in [0.05, 0.1) is 6.26 Å². The van der Waals surface area contributed by atoms with Crippen molar-refractivity contribution in [1.29, 1.82) is 0 Å². The zero-order valence-electron chi connectivity index (χ0n) is 9.80. The third-order valence-corrected chi connectivity index (χ3v) is 3.90. The molecule has 0 radical (unpaired) electrons. The van der Waals surface area contributed by atoms with Crippen molar-refractivity contribution in [3.8, 4) is 0 Å². The topological polar surface area (TPSA) is 62.6 Å². The Balaban J connectivity index is 2.39. The van der Waals surface area contributed by atoms with Gasteiger partial charge in [-0.1, -0.05) is 0 Å². The molecular formula is C10H18N2O3S. The van der Waals surface area contributed by atoms with Crippen molar-refractivity contribution in [2.75, 3.05) is 14.1 Å². The minimum Gasteiger partial charge on any atom is -0.469 e. The quantitative estimate of drug-likeness (QED) is 0.814. The molecule has 92 valence electrons. The van der Waals surface area contributed by atoms with Gasteiger partial charge in [-0.05, 0) is 25.5 Å². The summed E-state index contributed by atoms with van der Waals surface area (Å²) in [6.07, 6.45) is 3.05. The lowest BCUT2D eigenvalue weighted by atomic mass is 10.2. The Bertz CT molecular complexity index is 398. The zero-order chi connectivity index (χ0) is 12.2. The standard InChI is InChI=1S/C10H18N2O3S/c1-9(11-16(13,14)12(2)3)6-7-10-5-4-8-15-10/h4-5,8-9,11H,6-7H2,1-3H3. The van der Waals surface area contributed by atoms with Crippen LogP contribution in [0.3, 0.4) is 0 Å². The van der Waals surface area contributed by atoms with Crippen LogP contribution in [0.4, 0.5) is 0 Å². The summed E-state index contributed by atoms with van der Waals surface area (Å²) in [6.45, 7) is 1.84. The Morgan fingerprint density at radius 3 is 2.69 bits per heavy atom. The molecule has 0 aromatic carbocycles. The lowest BCUT2D eigenvalue weighted by Gasteiger charge is -2.17. The minimum atomic E-state index is -3.34. The molecule has 0 aliphatic carbocycles. The lowest BCUT2D eigenvalue weighted by molar-refractivity contribution is 0.464. The number of nitrogens with zero attached hydrogens (tertiary/aromatic N) is 1. The van der Waals surface area contributed by atoms with Crippen LogP contribution in [0.5, 0.6) is 0 Å². The average Bonchev–Trinajstić information content (AvgIpc) is 2.66. The molecule has 0 spiro atoms. The molecule has 1 aromatic rings. The molecule has 5 nitrogen and oxygen atoms in total. The molecule has 1 N–H and O–H groups in total. The number of rotatable bonds is 6. The zero-order valence-corrected chi connectivity index (χ0v) is 10.6. The van der Waals surface area contributed by atoms with Crippen molar-refractivity contribution in [2.24, 2.45) is 0 Å². The van der Waals surface area contributed by atoms with Crippen molar-refractivity contribution in [3.05, 3.63) is 24.2 Å². The Morgan fingerprint density at radius 2 is 2.19 bits per heavy atom. The van der Waals surface area contributed by atoms with E-state index in [0.717, 1.165) is 16.5 Å². The summed E-state index contributed by atoms with van der Waals surface area (Å²) in [5.41, 5.74) is 0. The van der Waals surface area contributed by atoms with Gasteiger partial charge >= 0.3 is 0 Å². The molecule has 1 heterocycles. The summed E-state index contributed by atoms with van der Waals surface area (Å²) in [5, 5.41) is 0. The molecule has 0 bridgehead atoms. The van der Waals surface area contributed by atoms with Crippen LogP contribution < -0.4 is 4.72 Å². The number of hydrogen-bond donors (Lipinski definition) is 1. The fourth-order valence-electron chi connectivity index (χ4n) is 1.23. The molecule has 1 rings (SSSR count). The predicted molar refractivity (Wildman–Crippen MR) is 62.2 cm³/mol. The molecule has 16 heavy (non-hydrogen) atoms. The van der Waals surface area contributed by atoms with Crippen LogP contribution in [0.15, 0.2) is 22.8 Å². The van der Waals surface area contributed by atoms with Gasteiger partial charge in [0.2, 0.25) is 0 Å². The Hall–Kier alpha value is -0.850. The van der Waals surface area contributed by atoms with Crippen molar-refractivity contribution in [1.82, 2.24) is 9.03 Å². The van der Waals surface area contributed by atoms with Crippen LogP contribution >= 0.6 is 0 Å². The summed E-state index contributed by atoms with van der Waals surface area (Å²) in [5.74, 6) is 0.871. The van der Waals surface area contributed by atoms with Gasteiger partial charge in [-0.3, -0.25) is 0 Å². The Labute approximate surface area is 96.6 Å². The van der Waals surface area contributed by atoms with Crippen molar-refractivity contribution < 1.29 is 12.8 Å². The van der Waals surface area contributed by atoms with Crippen LogP contribution in [0.1, 0.15) is 19.1 Å². The van der Waals surface area contributed by atoms with Gasteiger partial charge in [0.1, 0.15) is 5.76 Å².